The fourth-order valence-corrected chi connectivity index (χ4v) is 3.85. The molecule has 0 saturated heterocycles. The van der Waals surface area contributed by atoms with E-state index in [1.165, 1.54) is 12.4 Å². The molecule has 172 valence electrons. The van der Waals surface area contributed by atoms with Gasteiger partial charge in [-0.1, -0.05) is 50.2 Å². The van der Waals surface area contributed by atoms with Gasteiger partial charge in [0.2, 0.25) is 11.9 Å². The largest absolute Gasteiger partial charge is 0.347 e. The van der Waals surface area contributed by atoms with Crippen LogP contribution in [0, 0.1) is 5.41 Å². The van der Waals surface area contributed by atoms with Gasteiger partial charge in [0.1, 0.15) is 0 Å². The molecule has 8 heteroatoms. The van der Waals surface area contributed by atoms with Crippen molar-refractivity contribution in [3.63, 3.8) is 0 Å². The van der Waals surface area contributed by atoms with Gasteiger partial charge in [-0.05, 0) is 44.5 Å². The zero-order valence-corrected chi connectivity index (χ0v) is 19.2. The van der Waals surface area contributed by atoms with Crippen LogP contribution in [0.2, 0.25) is 0 Å². The Morgan fingerprint density at radius 3 is 1.82 bits per heavy atom. The van der Waals surface area contributed by atoms with Crippen molar-refractivity contribution in [2.24, 2.45) is 5.41 Å². The number of hydrogen-bond donors (Lipinski definition) is 3. The summed E-state index contributed by atoms with van der Waals surface area (Å²) in [5, 5.41) is 11.9. The summed E-state index contributed by atoms with van der Waals surface area (Å²) in [7, 11) is 0. The Balaban J connectivity index is 1.81. The van der Waals surface area contributed by atoms with E-state index in [-0.39, 0.29) is 5.91 Å². The van der Waals surface area contributed by atoms with Crippen LogP contribution in [0.1, 0.15) is 44.5 Å². The summed E-state index contributed by atoms with van der Waals surface area (Å²) in [4.78, 5) is 35.6. The highest BCUT2D eigenvalue weighted by Gasteiger charge is 2.35. The summed E-state index contributed by atoms with van der Waals surface area (Å²) in [5.74, 6) is -0.430. The van der Waals surface area contributed by atoms with Crippen LogP contribution in [-0.4, -0.2) is 32.5 Å². The first-order chi connectivity index (χ1) is 15.6. The van der Waals surface area contributed by atoms with Crippen molar-refractivity contribution in [1.29, 1.82) is 0 Å². The van der Waals surface area contributed by atoms with Crippen LogP contribution in [0.5, 0.6) is 0 Å². The molecule has 0 radical (unpaired) electrons. The molecule has 0 spiro atoms. The third-order valence-corrected chi connectivity index (χ3v) is 5.18. The van der Waals surface area contributed by atoms with Crippen LogP contribution in [0.15, 0.2) is 73.1 Å². The summed E-state index contributed by atoms with van der Waals surface area (Å²) in [5.41, 5.74) is 2.18. The van der Waals surface area contributed by atoms with Gasteiger partial charge in [0.25, 0.3) is 5.91 Å². The SMILES string of the molecule is CC(C)(CC(C)(C)C(=O)NO)NC(=O)c1cnc(N(c2ccccc2)c2ccccc2)nc1. The molecule has 3 N–H and O–H groups in total. The van der Waals surface area contributed by atoms with E-state index in [9.17, 15) is 9.59 Å². The van der Waals surface area contributed by atoms with Gasteiger partial charge >= 0.3 is 0 Å². The number of rotatable bonds is 8. The molecule has 0 aliphatic heterocycles. The number of amides is 2. The number of aromatic nitrogens is 2. The van der Waals surface area contributed by atoms with E-state index in [0.717, 1.165) is 11.4 Å². The highest BCUT2D eigenvalue weighted by Crippen LogP contribution is 2.31. The van der Waals surface area contributed by atoms with E-state index in [4.69, 9.17) is 5.21 Å². The molecule has 3 aromatic rings. The van der Waals surface area contributed by atoms with E-state index in [1.807, 2.05) is 79.4 Å². The molecule has 0 unspecified atom stereocenters. The van der Waals surface area contributed by atoms with Gasteiger partial charge in [-0.15, -0.1) is 0 Å². The molecule has 1 aromatic heterocycles. The highest BCUT2D eigenvalue weighted by molar-refractivity contribution is 5.94. The Labute approximate surface area is 193 Å². The molecule has 0 fully saturated rings. The quantitative estimate of drug-likeness (QED) is 0.349. The molecule has 0 aliphatic carbocycles. The van der Waals surface area contributed by atoms with E-state index >= 15 is 0 Å². The molecular weight excluding hydrogens is 418 g/mol. The maximum atomic E-state index is 12.9. The number of nitrogens with zero attached hydrogens (tertiary/aromatic N) is 3. The first kappa shape index (κ1) is 23.9. The molecular formula is C25H29N5O3. The normalized spacial score (nSPS) is 11.5. The van der Waals surface area contributed by atoms with E-state index < -0.39 is 16.9 Å². The Morgan fingerprint density at radius 2 is 1.36 bits per heavy atom. The fourth-order valence-electron chi connectivity index (χ4n) is 3.85. The van der Waals surface area contributed by atoms with Gasteiger partial charge in [0.05, 0.1) is 5.56 Å². The molecule has 3 rings (SSSR count). The fraction of sp³-hybridized carbons (Fsp3) is 0.280. The minimum Gasteiger partial charge on any atom is -0.347 e. The van der Waals surface area contributed by atoms with Gasteiger partial charge < -0.3 is 5.32 Å². The van der Waals surface area contributed by atoms with Gasteiger partial charge in [-0.3, -0.25) is 19.7 Å². The van der Waals surface area contributed by atoms with Crippen LogP contribution >= 0.6 is 0 Å². The average molecular weight is 448 g/mol. The second kappa shape index (κ2) is 9.79. The molecule has 2 amide bonds. The lowest BCUT2D eigenvalue weighted by atomic mass is 9.79. The summed E-state index contributed by atoms with van der Waals surface area (Å²) in [6, 6.07) is 19.5. The topological polar surface area (TPSA) is 107 Å². The minimum atomic E-state index is -0.877. The molecule has 0 bridgehead atoms. The maximum absolute atomic E-state index is 12.9. The van der Waals surface area contributed by atoms with Crippen molar-refractivity contribution < 1.29 is 14.8 Å². The van der Waals surface area contributed by atoms with Gasteiger partial charge in [-0.2, -0.15) is 0 Å². The standard InChI is InChI=1S/C25H29N5O3/c1-24(2,22(32)29-33)17-25(3,4)28-21(31)18-15-26-23(27-16-18)30(19-11-7-5-8-12-19)20-13-9-6-10-14-20/h5-16,33H,17H2,1-4H3,(H,28,31)(H,29,32). The number of hydrogen-bond acceptors (Lipinski definition) is 6. The number of nitrogens with one attached hydrogen (secondary N) is 2. The minimum absolute atomic E-state index is 0.303. The van der Waals surface area contributed by atoms with Crippen molar-refractivity contribution in [2.75, 3.05) is 4.90 Å². The van der Waals surface area contributed by atoms with Crippen LogP contribution in [0.4, 0.5) is 17.3 Å². The van der Waals surface area contributed by atoms with E-state index in [0.29, 0.717) is 17.9 Å². The zero-order valence-electron chi connectivity index (χ0n) is 19.2. The van der Waals surface area contributed by atoms with E-state index in [2.05, 4.69) is 15.3 Å². The highest BCUT2D eigenvalue weighted by atomic mass is 16.5. The lowest BCUT2D eigenvalue weighted by Gasteiger charge is -2.34. The van der Waals surface area contributed by atoms with Crippen molar-refractivity contribution >= 4 is 29.1 Å². The number of carbonyl (C=O) groups excluding carboxylic acids is 2. The van der Waals surface area contributed by atoms with Crippen LogP contribution in [0.25, 0.3) is 0 Å². The zero-order chi connectivity index (χ0) is 24.1. The third-order valence-electron chi connectivity index (χ3n) is 5.18. The van der Waals surface area contributed by atoms with Crippen molar-refractivity contribution in [3.8, 4) is 0 Å². The van der Waals surface area contributed by atoms with Gasteiger partial charge in [-0.25, -0.2) is 15.4 Å². The second-order valence-corrected chi connectivity index (χ2v) is 9.12. The Kier molecular flexibility index (Phi) is 7.08. The van der Waals surface area contributed by atoms with Crippen molar-refractivity contribution in [2.45, 2.75) is 39.7 Å². The van der Waals surface area contributed by atoms with Gasteiger partial charge in [0, 0.05) is 34.7 Å². The first-order valence-electron chi connectivity index (χ1n) is 10.6. The van der Waals surface area contributed by atoms with Crippen LogP contribution in [0.3, 0.4) is 0 Å². The smallest absolute Gasteiger partial charge is 0.254 e. The Hall–Kier alpha value is -3.78. The number of benzene rings is 2. The predicted octanol–water partition coefficient (Wildman–Crippen LogP) is 4.38. The first-order valence-corrected chi connectivity index (χ1v) is 10.6. The number of hydroxylamine groups is 1. The molecule has 2 aromatic carbocycles. The monoisotopic (exact) mass is 447 g/mol. The molecule has 0 saturated carbocycles. The maximum Gasteiger partial charge on any atom is 0.254 e. The van der Waals surface area contributed by atoms with Crippen molar-refractivity contribution in [1.82, 2.24) is 20.8 Å². The number of carbonyl (C=O) groups is 2. The van der Waals surface area contributed by atoms with E-state index in [1.54, 1.807) is 19.3 Å². The summed E-state index contributed by atoms with van der Waals surface area (Å²) >= 11 is 0. The summed E-state index contributed by atoms with van der Waals surface area (Å²) in [6.07, 6.45) is 3.28. The third kappa shape index (κ3) is 5.93. The molecule has 0 aliphatic rings. The van der Waals surface area contributed by atoms with Crippen molar-refractivity contribution in [3.05, 3.63) is 78.6 Å². The lowest BCUT2D eigenvalue weighted by Crippen LogP contribution is -2.49. The average Bonchev–Trinajstić information content (AvgIpc) is 2.79. The van der Waals surface area contributed by atoms with Gasteiger partial charge in [0.15, 0.2) is 0 Å². The predicted molar refractivity (Wildman–Crippen MR) is 127 cm³/mol. The Morgan fingerprint density at radius 1 is 0.879 bits per heavy atom. The Bertz CT molecular complexity index is 1040. The lowest BCUT2D eigenvalue weighted by molar-refractivity contribution is -0.139. The second-order valence-electron chi connectivity index (χ2n) is 9.12. The number of anilines is 3. The molecule has 0 atom stereocenters. The number of para-hydroxylation sites is 2. The summed E-state index contributed by atoms with van der Waals surface area (Å²) < 4.78 is 0. The molecule has 1 heterocycles. The molecule has 33 heavy (non-hydrogen) atoms. The van der Waals surface area contributed by atoms with Crippen LogP contribution in [-0.2, 0) is 4.79 Å². The molecule has 8 nitrogen and oxygen atoms in total. The van der Waals surface area contributed by atoms with Crippen LogP contribution < -0.4 is 15.7 Å². The summed E-state index contributed by atoms with van der Waals surface area (Å²) in [6.45, 7) is 7.04.